The fourth-order valence-electron chi connectivity index (χ4n) is 2.25. The van der Waals surface area contributed by atoms with Gasteiger partial charge in [-0.1, -0.05) is 21.1 Å². The molecule has 7 heteroatoms. The Bertz CT molecular complexity index is 597. The van der Waals surface area contributed by atoms with Gasteiger partial charge in [-0.15, -0.1) is 11.8 Å². The zero-order valence-electron chi connectivity index (χ0n) is 11.4. The van der Waals surface area contributed by atoms with Crippen molar-refractivity contribution in [3.63, 3.8) is 0 Å². The van der Waals surface area contributed by atoms with E-state index in [9.17, 15) is 5.11 Å². The Kier molecular flexibility index (Phi) is 4.63. The van der Waals surface area contributed by atoms with Gasteiger partial charge >= 0.3 is 0 Å². The lowest BCUT2D eigenvalue weighted by molar-refractivity contribution is -0.0167. The number of benzene rings is 1. The van der Waals surface area contributed by atoms with Gasteiger partial charge in [0.1, 0.15) is 0 Å². The molecule has 2 heterocycles. The SMILES string of the molecule is OC1(c2nc(CSc3ccc(Br)cc3)no2)CCCNC1. The molecule has 1 unspecified atom stereocenters. The Morgan fingerprint density at radius 3 is 2.90 bits per heavy atom. The van der Waals surface area contributed by atoms with E-state index in [4.69, 9.17) is 4.52 Å². The van der Waals surface area contributed by atoms with Crippen LogP contribution in [0, 0.1) is 0 Å². The molecule has 3 rings (SSSR count). The van der Waals surface area contributed by atoms with Crippen molar-refractivity contribution >= 4 is 27.7 Å². The fraction of sp³-hybridized carbons (Fsp3) is 0.429. The first-order valence-electron chi connectivity index (χ1n) is 6.80. The van der Waals surface area contributed by atoms with E-state index >= 15 is 0 Å². The molecular weight excluding hydrogens is 354 g/mol. The number of halogens is 1. The lowest BCUT2D eigenvalue weighted by Gasteiger charge is -2.28. The summed E-state index contributed by atoms with van der Waals surface area (Å²) in [7, 11) is 0. The highest BCUT2D eigenvalue weighted by atomic mass is 79.9. The van der Waals surface area contributed by atoms with E-state index in [1.54, 1.807) is 11.8 Å². The minimum atomic E-state index is -1.02. The van der Waals surface area contributed by atoms with Crippen molar-refractivity contribution < 1.29 is 9.63 Å². The lowest BCUT2D eigenvalue weighted by atomic mass is 9.94. The molecule has 1 aromatic heterocycles. The average Bonchev–Trinajstić information content (AvgIpc) is 2.97. The third-order valence-corrected chi connectivity index (χ3v) is 4.95. The first-order valence-corrected chi connectivity index (χ1v) is 8.58. The largest absolute Gasteiger partial charge is 0.379 e. The molecule has 0 saturated carbocycles. The monoisotopic (exact) mass is 369 g/mol. The van der Waals surface area contributed by atoms with Crippen LogP contribution >= 0.6 is 27.7 Å². The van der Waals surface area contributed by atoms with Crippen LogP contribution in [0.5, 0.6) is 0 Å². The van der Waals surface area contributed by atoms with E-state index in [-0.39, 0.29) is 0 Å². The van der Waals surface area contributed by atoms with E-state index in [1.807, 2.05) is 24.3 Å². The molecule has 1 aromatic carbocycles. The molecule has 0 bridgehead atoms. The van der Waals surface area contributed by atoms with Gasteiger partial charge in [-0.3, -0.25) is 0 Å². The van der Waals surface area contributed by atoms with E-state index in [0.29, 0.717) is 30.4 Å². The topological polar surface area (TPSA) is 71.2 Å². The molecule has 0 amide bonds. The smallest absolute Gasteiger partial charge is 0.259 e. The van der Waals surface area contributed by atoms with Crippen molar-refractivity contribution in [1.82, 2.24) is 15.5 Å². The Hall–Kier alpha value is -0.890. The van der Waals surface area contributed by atoms with Gasteiger partial charge < -0.3 is 14.9 Å². The minimum Gasteiger partial charge on any atom is -0.379 e. The molecule has 1 aliphatic rings. The van der Waals surface area contributed by atoms with Gasteiger partial charge in [0, 0.05) is 15.9 Å². The summed E-state index contributed by atoms with van der Waals surface area (Å²) in [5, 5.41) is 17.6. The van der Waals surface area contributed by atoms with Gasteiger partial charge in [0.15, 0.2) is 11.4 Å². The number of aliphatic hydroxyl groups is 1. The second-order valence-electron chi connectivity index (χ2n) is 5.07. The molecule has 2 N–H and O–H groups in total. The van der Waals surface area contributed by atoms with Gasteiger partial charge in [-0.2, -0.15) is 4.98 Å². The van der Waals surface area contributed by atoms with E-state index in [1.165, 1.54) is 0 Å². The molecule has 1 atom stereocenters. The second kappa shape index (κ2) is 6.48. The van der Waals surface area contributed by atoms with Crippen LogP contribution in [0.15, 0.2) is 38.2 Å². The summed E-state index contributed by atoms with van der Waals surface area (Å²) >= 11 is 5.05. The molecule has 2 aromatic rings. The van der Waals surface area contributed by atoms with Crippen molar-refractivity contribution in [3.05, 3.63) is 40.5 Å². The molecule has 21 heavy (non-hydrogen) atoms. The maximum absolute atomic E-state index is 10.5. The third-order valence-electron chi connectivity index (χ3n) is 3.41. The molecule has 1 fully saturated rings. The number of nitrogens with zero attached hydrogens (tertiary/aromatic N) is 2. The summed E-state index contributed by atoms with van der Waals surface area (Å²) in [6.45, 7) is 1.39. The maximum Gasteiger partial charge on any atom is 0.259 e. The Morgan fingerprint density at radius 1 is 1.38 bits per heavy atom. The van der Waals surface area contributed by atoms with Crippen molar-refractivity contribution in [2.24, 2.45) is 0 Å². The summed E-state index contributed by atoms with van der Waals surface area (Å²) in [5.74, 6) is 1.55. The summed E-state index contributed by atoms with van der Waals surface area (Å²) in [4.78, 5) is 5.48. The van der Waals surface area contributed by atoms with Gasteiger partial charge in [-0.25, -0.2) is 0 Å². The third kappa shape index (κ3) is 3.66. The van der Waals surface area contributed by atoms with Gasteiger partial charge in [0.25, 0.3) is 5.89 Å². The number of aromatic nitrogens is 2. The molecule has 112 valence electrons. The predicted octanol–water partition coefficient (Wildman–Crippen LogP) is 2.70. The van der Waals surface area contributed by atoms with E-state index in [2.05, 4.69) is 31.4 Å². The number of piperidine rings is 1. The summed E-state index contributed by atoms with van der Waals surface area (Å²) in [6.07, 6.45) is 1.56. The maximum atomic E-state index is 10.5. The van der Waals surface area contributed by atoms with Gasteiger partial charge in [0.2, 0.25) is 0 Å². The number of hydrogen-bond acceptors (Lipinski definition) is 6. The normalized spacial score (nSPS) is 22.4. The Morgan fingerprint density at radius 2 is 2.19 bits per heavy atom. The Labute approximate surface area is 135 Å². The predicted molar refractivity (Wildman–Crippen MR) is 84.0 cm³/mol. The molecule has 5 nitrogen and oxygen atoms in total. The fourth-order valence-corrected chi connectivity index (χ4v) is 3.26. The van der Waals surface area contributed by atoms with Crippen molar-refractivity contribution in [3.8, 4) is 0 Å². The highest BCUT2D eigenvalue weighted by molar-refractivity contribution is 9.10. The van der Waals surface area contributed by atoms with Crippen LogP contribution < -0.4 is 5.32 Å². The van der Waals surface area contributed by atoms with E-state index < -0.39 is 5.60 Å². The highest BCUT2D eigenvalue weighted by Gasteiger charge is 2.36. The first kappa shape index (κ1) is 15.0. The first-order chi connectivity index (χ1) is 10.2. The van der Waals surface area contributed by atoms with Crippen LogP contribution in [0.4, 0.5) is 0 Å². The van der Waals surface area contributed by atoms with Crippen LogP contribution in [-0.2, 0) is 11.4 Å². The Balaban J connectivity index is 1.63. The number of β-amino-alcohol motifs (C(OH)–C–C–N with tert-alkyl or cyclic N) is 1. The van der Waals surface area contributed by atoms with Crippen LogP contribution in [0.1, 0.15) is 24.6 Å². The standard InChI is InChI=1S/C14H16BrN3O2S/c15-10-2-4-11(5-3-10)21-8-12-17-13(20-18-12)14(19)6-1-7-16-9-14/h2-5,16,19H,1,6-9H2. The zero-order chi connectivity index (χ0) is 14.7. The molecule has 1 aliphatic heterocycles. The number of nitrogens with one attached hydrogen (secondary N) is 1. The van der Waals surface area contributed by atoms with E-state index in [0.717, 1.165) is 22.3 Å². The second-order valence-corrected chi connectivity index (χ2v) is 7.03. The summed E-state index contributed by atoms with van der Waals surface area (Å²) in [6, 6.07) is 8.07. The number of hydrogen-bond donors (Lipinski definition) is 2. The van der Waals surface area contributed by atoms with Crippen LogP contribution in [0.3, 0.4) is 0 Å². The van der Waals surface area contributed by atoms with Crippen molar-refractivity contribution in [2.45, 2.75) is 29.1 Å². The molecule has 0 aliphatic carbocycles. The van der Waals surface area contributed by atoms with Gasteiger partial charge in [0.05, 0.1) is 5.75 Å². The molecule has 0 radical (unpaired) electrons. The number of thioether (sulfide) groups is 1. The molecular formula is C14H16BrN3O2S. The highest BCUT2D eigenvalue weighted by Crippen LogP contribution is 2.28. The average molecular weight is 370 g/mol. The molecule has 1 saturated heterocycles. The van der Waals surface area contributed by atoms with Gasteiger partial charge in [-0.05, 0) is 43.7 Å². The van der Waals surface area contributed by atoms with Crippen molar-refractivity contribution in [1.29, 1.82) is 0 Å². The molecule has 0 spiro atoms. The lowest BCUT2D eigenvalue weighted by Crippen LogP contribution is -2.43. The van der Waals surface area contributed by atoms with Crippen molar-refractivity contribution in [2.75, 3.05) is 13.1 Å². The van der Waals surface area contributed by atoms with Crippen LogP contribution in [0.25, 0.3) is 0 Å². The summed E-state index contributed by atoms with van der Waals surface area (Å²) < 4.78 is 6.30. The zero-order valence-corrected chi connectivity index (χ0v) is 13.8. The minimum absolute atomic E-state index is 0.320. The van der Waals surface area contributed by atoms with Crippen LogP contribution in [-0.4, -0.2) is 28.3 Å². The summed E-state index contributed by atoms with van der Waals surface area (Å²) in [5.41, 5.74) is -1.02. The number of rotatable bonds is 4. The van der Waals surface area contributed by atoms with Crippen LogP contribution in [0.2, 0.25) is 0 Å². The quantitative estimate of drug-likeness (QED) is 0.807.